The van der Waals surface area contributed by atoms with Crippen LogP contribution in [0.3, 0.4) is 0 Å². The summed E-state index contributed by atoms with van der Waals surface area (Å²) in [5.74, 6) is -0.379. The van der Waals surface area contributed by atoms with E-state index in [1.165, 1.54) is 4.90 Å². The van der Waals surface area contributed by atoms with E-state index in [1.807, 2.05) is 55.5 Å². The molecule has 0 aromatic heterocycles. The van der Waals surface area contributed by atoms with Gasteiger partial charge in [-0.1, -0.05) is 33.6 Å². The van der Waals surface area contributed by atoms with Crippen LogP contribution < -0.4 is 10.6 Å². The minimum absolute atomic E-state index is 0.00866. The Morgan fingerprint density at radius 3 is 2.21 bits per heavy atom. The van der Waals surface area contributed by atoms with Crippen molar-refractivity contribution in [3.05, 3.63) is 58.6 Å². The fourth-order valence-electron chi connectivity index (χ4n) is 2.02. The third-order valence-corrected chi connectivity index (χ3v) is 3.96. The summed E-state index contributed by atoms with van der Waals surface area (Å²) in [6, 6.07) is 15.1. The van der Waals surface area contributed by atoms with Gasteiger partial charge in [0.2, 0.25) is 11.8 Å². The second-order valence-electron chi connectivity index (χ2n) is 5.52. The van der Waals surface area contributed by atoms with Crippen LogP contribution in [0.25, 0.3) is 0 Å². The number of nitrogens with zero attached hydrogens (tertiary/aromatic N) is 1. The van der Waals surface area contributed by atoms with E-state index in [1.54, 1.807) is 7.05 Å². The van der Waals surface area contributed by atoms with E-state index in [9.17, 15) is 9.59 Å². The van der Waals surface area contributed by atoms with E-state index in [2.05, 4.69) is 26.6 Å². The van der Waals surface area contributed by atoms with E-state index in [-0.39, 0.29) is 24.9 Å². The number of carbonyl (C=O) groups is 2. The number of carbonyl (C=O) groups excluding carboxylic acids is 2. The van der Waals surface area contributed by atoms with Crippen LogP contribution in [0, 0.1) is 6.92 Å². The van der Waals surface area contributed by atoms with Crippen molar-refractivity contribution in [2.45, 2.75) is 6.92 Å². The topological polar surface area (TPSA) is 61.4 Å². The number of halogens is 1. The minimum atomic E-state index is -0.224. The van der Waals surface area contributed by atoms with Gasteiger partial charge in [-0.15, -0.1) is 0 Å². The monoisotopic (exact) mass is 389 g/mol. The average molecular weight is 390 g/mol. The molecule has 2 rings (SSSR count). The lowest BCUT2D eigenvalue weighted by Crippen LogP contribution is -2.38. The van der Waals surface area contributed by atoms with Gasteiger partial charge in [0.1, 0.15) is 0 Å². The maximum absolute atomic E-state index is 12.1. The molecule has 6 heteroatoms. The van der Waals surface area contributed by atoms with Crippen LogP contribution in [0.5, 0.6) is 0 Å². The number of anilines is 2. The van der Waals surface area contributed by atoms with Crippen molar-refractivity contribution < 1.29 is 9.59 Å². The van der Waals surface area contributed by atoms with Crippen molar-refractivity contribution in [2.24, 2.45) is 0 Å². The maximum atomic E-state index is 12.1. The highest BCUT2D eigenvalue weighted by atomic mass is 79.9. The summed E-state index contributed by atoms with van der Waals surface area (Å²) in [4.78, 5) is 25.5. The highest BCUT2D eigenvalue weighted by Gasteiger charge is 2.12. The Labute approximate surface area is 150 Å². The Hall–Kier alpha value is -2.34. The first kappa shape index (κ1) is 18.0. The Morgan fingerprint density at radius 2 is 1.58 bits per heavy atom. The third-order valence-electron chi connectivity index (χ3n) is 3.43. The number of hydrogen-bond acceptors (Lipinski definition) is 3. The standard InChI is InChI=1S/C18H20BrN3O2/c1-13-3-7-16(8-4-13)21-17(23)12-22(2)18(24)11-20-15-9-5-14(19)6-10-15/h3-10,20H,11-12H2,1-2H3,(H,21,23). The van der Waals surface area contributed by atoms with Crippen LogP contribution in [0.2, 0.25) is 0 Å². The number of likely N-dealkylation sites (N-methyl/N-ethyl adjacent to an activating group) is 1. The summed E-state index contributed by atoms with van der Waals surface area (Å²) in [7, 11) is 1.61. The predicted molar refractivity (Wildman–Crippen MR) is 100 cm³/mol. The lowest BCUT2D eigenvalue weighted by Gasteiger charge is -2.17. The minimum Gasteiger partial charge on any atom is -0.376 e. The first-order valence-electron chi connectivity index (χ1n) is 7.54. The Kier molecular flexibility index (Phi) is 6.37. The van der Waals surface area contributed by atoms with Crippen molar-refractivity contribution in [1.29, 1.82) is 0 Å². The zero-order chi connectivity index (χ0) is 17.5. The van der Waals surface area contributed by atoms with Crippen LogP contribution in [0.1, 0.15) is 5.56 Å². The molecule has 126 valence electrons. The molecule has 0 spiro atoms. The van der Waals surface area contributed by atoms with E-state index in [0.717, 1.165) is 21.4 Å². The molecule has 0 aliphatic heterocycles. The molecule has 2 aromatic rings. The van der Waals surface area contributed by atoms with E-state index in [4.69, 9.17) is 0 Å². The SMILES string of the molecule is Cc1ccc(NC(=O)CN(C)C(=O)CNc2ccc(Br)cc2)cc1. The molecule has 0 heterocycles. The molecular weight excluding hydrogens is 370 g/mol. The summed E-state index contributed by atoms with van der Waals surface area (Å²) in [6.07, 6.45) is 0. The summed E-state index contributed by atoms with van der Waals surface area (Å²) in [6.45, 7) is 2.13. The van der Waals surface area contributed by atoms with Crippen LogP contribution in [0.4, 0.5) is 11.4 Å². The maximum Gasteiger partial charge on any atom is 0.243 e. The normalized spacial score (nSPS) is 10.1. The van der Waals surface area contributed by atoms with Crippen molar-refractivity contribution in [3.63, 3.8) is 0 Å². The summed E-state index contributed by atoms with van der Waals surface area (Å²) in [5.41, 5.74) is 2.70. The molecule has 5 nitrogen and oxygen atoms in total. The van der Waals surface area contributed by atoms with Crippen LogP contribution in [-0.4, -0.2) is 36.9 Å². The van der Waals surface area contributed by atoms with Gasteiger partial charge < -0.3 is 15.5 Å². The molecule has 0 saturated heterocycles. The number of nitrogens with one attached hydrogen (secondary N) is 2. The molecule has 0 bridgehead atoms. The van der Waals surface area contributed by atoms with Gasteiger partial charge in [0.25, 0.3) is 0 Å². The van der Waals surface area contributed by atoms with Gasteiger partial charge in [-0.3, -0.25) is 9.59 Å². The Morgan fingerprint density at radius 1 is 1.00 bits per heavy atom. The first-order chi connectivity index (χ1) is 11.4. The number of hydrogen-bond donors (Lipinski definition) is 2. The number of rotatable bonds is 6. The molecule has 2 N–H and O–H groups in total. The van der Waals surface area contributed by atoms with Crippen molar-refractivity contribution in [1.82, 2.24) is 4.90 Å². The summed E-state index contributed by atoms with van der Waals surface area (Å²) < 4.78 is 0.976. The number of amides is 2. The molecule has 24 heavy (non-hydrogen) atoms. The van der Waals surface area contributed by atoms with Crippen molar-refractivity contribution in [2.75, 3.05) is 30.8 Å². The summed E-state index contributed by atoms with van der Waals surface area (Å²) in [5, 5.41) is 5.81. The van der Waals surface area contributed by atoms with Crippen LogP contribution in [0.15, 0.2) is 53.0 Å². The van der Waals surface area contributed by atoms with Crippen molar-refractivity contribution >= 4 is 39.1 Å². The molecule has 0 fully saturated rings. The first-order valence-corrected chi connectivity index (χ1v) is 8.33. The smallest absolute Gasteiger partial charge is 0.243 e. The van der Waals surface area contributed by atoms with Crippen LogP contribution in [-0.2, 0) is 9.59 Å². The van der Waals surface area contributed by atoms with Gasteiger partial charge in [-0.05, 0) is 43.3 Å². The molecule has 0 aliphatic rings. The van der Waals surface area contributed by atoms with Gasteiger partial charge in [0.05, 0.1) is 13.1 Å². The van der Waals surface area contributed by atoms with Crippen molar-refractivity contribution in [3.8, 4) is 0 Å². The van der Waals surface area contributed by atoms with Crippen LogP contribution >= 0.6 is 15.9 Å². The molecule has 0 radical (unpaired) electrons. The zero-order valence-corrected chi connectivity index (χ0v) is 15.3. The van der Waals surface area contributed by atoms with E-state index in [0.29, 0.717) is 0 Å². The van der Waals surface area contributed by atoms with Gasteiger partial charge >= 0.3 is 0 Å². The van der Waals surface area contributed by atoms with Gasteiger partial charge in [0, 0.05) is 22.9 Å². The highest BCUT2D eigenvalue weighted by Crippen LogP contribution is 2.13. The Bertz CT molecular complexity index is 699. The Balaban J connectivity index is 1.78. The second-order valence-corrected chi connectivity index (χ2v) is 6.44. The quantitative estimate of drug-likeness (QED) is 0.796. The van der Waals surface area contributed by atoms with Gasteiger partial charge in [-0.25, -0.2) is 0 Å². The molecule has 0 atom stereocenters. The van der Waals surface area contributed by atoms with E-state index >= 15 is 0 Å². The third kappa shape index (κ3) is 5.70. The zero-order valence-electron chi connectivity index (χ0n) is 13.7. The number of benzene rings is 2. The second kappa shape index (κ2) is 8.49. The molecule has 0 aliphatic carbocycles. The fourth-order valence-corrected chi connectivity index (χ4v) is 2.29. The van der Waals surface area contributed by atoms with Gasteiger partial charge in [-0.2, -0.15) is 0 Å². The lowest BCUT2D eigenvalue weighted by atomic mass is 10.2. The van der Waals surface area contributed by atoms with E-state index < -0.39 is 0 Å². The molecular formula is C18H20BrN3O2. The molecule has 0 saturated carbocycles. The number of aryl methyl sites for hydroxylation is 1. The lowest BCUT2D eigenvalue weighted by molar-refractivity contribution is -0.131. The molecule has 2 amide bonds. The summed E-state index contributed by atoms with van der Waals surface area (Å²) >= 11 is 3.36. The molecule has 0 unspecified atom stereocenters. The fraction of sp³-hybridized carbons (Fsp3) is 0.222. The largest absolute Gasteiger partial charge is 0.376 e. The predicted octanol–water partition coefficient (Wildman–Crippen LogP) is 3.27. The van der Waals surface area contributed by atoms with Gasteiger partial charge in [0.15, 0.2) is 0 Å². The average Bonchev–Trinajstić information content (AvgIpc) is 2.56. The molecule has 2 aromatic carbocycles. The highest BCUT2D eigenvalue weighted by molar-refractivity contribution is 9.10.